The summed E-state index contributed by atoms with van der Waals surface area (Å²) in [5.41, 5.74) is 1.76. The second-order valence-corrected chi connectivity index (χ2v) is 5.96. The van der Waals surface area contributed by atoms with Gasteiger partial charge < -0.3 is 14.8 Å². The Labute approximate surface area is 162 Å². The summed E-state index contributed by atoms with van der Waals surface area (Å²) in [6.45, 7) is 1.28. The fourth-order valence-electron chi connectivity index (χ4n) is 2.17. The summed E-state index contributed by atoms with van der Waals surface area (Å²) in [4.78, 5) is 24.0. The molecule has 0 aliphatic rings. The van der Waals surface area contributed by atoms with Gasteiger partial charge in [0.05, 0.1) is 7.11 Å². The molecule has 27 heavy (non-hydrogen) atoms. The summed E-state index contributed by atoms with van der Waals surface area (Å²) in [5.74, 6) is -0.741. The monoisotopic (exact) mass is 384 g/mol. The minimum absolute atomic E-state index is 0.212. The third-order valence-electron chi connectivity index (χ3n) is 3.56. The molecular weight excluding hydrogens is 368 g/mol. The van der Waals surface area contributed by atoms with Crippen molar-refractivity contribution in [1.29, 1.82) is 5.26 Å². The molecule has 1 N–H and O–H groups in total. The summed E-state index contributed by atoms with van der Waals surface area (Å²) < 4.78 is 9.96. The largest absolute Gasteiger partial charge is 0.497 e. The Kier molecular flexibility index (Phi) is 6.98. The van der Waals surface area contributed by atoms with Gasteiger partial charge in [-0.3, -0.25) is 4.79 Å². The van der Waals surface area contributed by atoms with Gasteiger partial charge in [-0.1, -0.05) is 23.7 Å². The van der Waals surface area contributed by atoms with E-state index in [9.17, 15) is 9.59 Å². The number of benzene rings is 2. The SMILES string of the molecule is COc1ccc(/C=C(\C#N)C(=O)OCC(=O)Nc2ccc(Cl)cc2C)cc1. The van der Waals surface area contributed by atoms with Gasteiger partial charge in [0.15, 0.2) is 6.61 Å². The Morgan fingerprint density at radius 2 is 1.93 bits per heavy atom. The number of carbonyl (C=O) groups is 2. The van der Waals surface area contributed by atoms with E-state index in [0.29, 0.717) is 22.0 Å². The number of aryl methyl sites for hydroxylation is 1. The second-order valence-electron chi connectivity index (χ2n) is 5.53. The first-order valence-electron chi connectivity index (χ1n) is 7.92. The highest BCUT2D eigenvalue weighted by Gasteiger charge is 2.14. The Morgan fingerprint density at radius 1 is 1.22 bits per heavy atom. The Hall–Kier alpha value is -3.30. The number of anilines is 1. The lowest BCUT2D eigenvalue weighted by Gasteiger charge is -2.09. The third-order valence-corrected chi connectivity index (χ3v) is 3.80. The molecule has 0 bridgehead atoms. The molecule has 0 saturated heterocycles. The normalized spacial score (nSPS) is 10.7. The quantitative estimate of drug-likeness (QED) is 0.465. The van der Waals surface area contributed by atoms with Crippen molar-refractivity contribution in [3.63, 3.8) is 0 Å². The zero-order valence-corrected chi connectivity index (χ0v) is 15.5. The third kappa shape index (κ3) is 5.87. The van der Waals surface area contributed by atoms with Crippen LogP contribution in [0.15, 0.2) is 48.0 Å². The highest BCUT2D eigenvalue weighted by molar-refractivity contribution is 6.30. The van der Waals surface area contributed by atoms with Gasteiger partial charge in [-0.2, -0.15) is 5.26 Å². The van der Waals surface area contributed by atoms with Crippen LogP contribution < -0.4 is 10.1 Å². The molecule has 6 nitrogen and oxygen atoms in total. The van der Waals surface area contributed by atoms with E-state index in [1.807, 2.05) is 0 Å². The predicted molar refractivity (Wildman–Crippen MR) is 102 cm³/mol. The van der Waals surface area contributed by atoms with E-state index in [1.165, 1.54) is 6.08 Å². The number of rotatable bonds is 6. The summed E-state index contributed by atoms with van der Waals surface area (Å²) in [5, 5.41) is 12.3. The summed E-state index contributed by atoms with van der Waals surface area (Å²) in [7, 11) is 1.54. The van der Waals surface area contributed by atoms with E-state index in [0.717, 1.165) is 5.56 Å². The van der Waals surface area contributed by atoms with Gasteiger partial charge in [-0.05, 0) is 54.5 Å². The number of nitrogens with one attached hydrogen (secondary N) is 1. The maximum Gasteiger partial charge on any atom is 0.349 e. The maximum absolute atomic E-state index is 12.0. The van der Waals surface area contributed by atoms with Crippen LogP contribution in [0.25, 0.3) is 6.08 Å². The number of methoxy groups -OCH3 is 1. The highest BCUT2D eigenvalue weighted by Crippen LogP contribution is 2.19. The fourth-order valence-corrected chi connectivity index (χ4v) is 2.39. The lowest BCUT2D eigenvalue weighted by Crippen LogP contribution is -2.21. The van der Waals surface area contributed by atoms with Crippen LogP contribution in [0, 0.1) is 18.3 Å². The molecule has 0 spiro atoms. The van der Waals surface area contributed by atoms with E-state index >= 15 is 0 Å². The lowest BCUT2D eigenvalue weighted by molar-refractivity contribution is -0.142. The van der Waals surface area contributed by atoms with E-state index in [1.54, 1.807) is 62.6 Å². The number of halogens is 1. The number of amides is 1. The molecule has 0 aliphatic heterocycles. The van der Waals surface area contributed by atoms with E-state index in [4.69, 9.17) is 26.3 Å². The Morgan fingerprint density at radius 3 is 2.52 bits per heavy atom. The summed E-state index contributed by atoms with van der Waals surface area (Å²) in [6, 6.07) is 13.6. The molecule has 0 radical (unpaired) electrons. The van der Waals surface area contributed by atoms with Gasteiger partial charge in [0.25, 0.3) is 5.91 Å². The van der Waals surface area contributed by atoms with Gasteiger partial charge in [0, 0.05) is 10.7 Å². The van der Waals surface area contributed by atoms with Crippen molar-refractivity contribution in [2.24, 2.45) is 0 Å². The molecule has 0 unspecified atom stereocenters. The van der Waals surface area contributed by atoms with Crippen molar-refractivity contribution >= 4 is 35.2 Å². The average Bonchev–Trinajstić information content (AvgIpc) is 2.67. The molecule has 0 atom stereocenters. The predicted octanol–water partition coefficient (Wildman–Crippen LogP) is 3.75. The van der Waals surface area contributed by atoms with Crippen molar-refractivity contribution in [3.05, 3.63) is 64.2 Å². The molecule has 0 heterocycles. The molecule has 0 aromatic heterocycles. The van der Waals surface area contributed by atoms with Crippen molar-refractivity contribution in [2.45, 2.75) is 6.92 Å². The number of hydrogen-bond acceptors (Lipinski definition) is 5. The van der Waals surface area contributed by atoms with Crippen LogP contribution in [0.3, 0.4) is 0 Å². The zero-order valence-electron chi connectivity index (χ0n) is 14.8. The van der Waals surface area contributed by atoms with E-state index in [2.05, 4.69) is 5.32 Å². The molecule has 0 fully saturated rings. The van der Waals surface area contributed by atoms with E-state index in [-0.39, 0.29) is 5.57 Å². The van der Waals surface area contributed by atoms with Crippen LogP contribution in [0.5, 0.6) is 5.75 Å². The van der Waals surface area contributed by atoms with Crippen LogP contribution in [-0.4, -0.2) is 25.6 Å². The van der Waals surface area contributed by atoms with Crippen LogP contribution in [-0.2, 0) is 14.3 Å². The van der Waals surface area contributed by atoms with Crippen LogP contribution in [0.1, 0.15) is 11.1 Å². The van der Waals surface area contributed by atoms with Crippen molar-refractivity contribution in [1.82, 2.24) is 0 Å². The van der Waals surface area contributed by atoms with Crippen LogP contribution in [0.4, 0.5) is 5.69 Å². The van der Waals surface area contributed by atoms with Crippen molar-refractivity contribution in [3.8, 4) is 11.8 Å². The van der Waals surface area contributed by atoms with Gasteiger partial charge in [0.1, 0.15) is 17.4 Å². The minimum atomic E-state index is -0.878. The number of ether oxygens (including phenoxy) is 2. The molecule has 1 amide bonds. The number of nitrogens with zero attached hydrogens (tertiary/aromatic N) is 1. The molecule has 2 aromatic carbocycles. The molecule has 2 rings (SSSR count). The number of esters is 1. The smallest absolute Gasteiger partial charge is 0.349 e. The molecule has 138 valence electrons. The van der Waals surface area contributed by atoms with Crippen LogP contribution >= 0.6 is 11.6 Å². The fraction of sp³-hybridized carbons (Fsp3) is 0.150. The lowest BCUT2D eigenvalue weighted by atomic mass is 10.1. The second kappa shape index (κ2) is 9.41. The Balaban J connectivity index is 1.96. The van der Waals surface area contributed by atoms with Gasteiger partial charge >= 0.3 is 5.97 Å². The van der Waals surface area contributed by atoms with Gasteiger partial charge in [0.2, 0.25) is 0 Å². The molecule has 0 saturated carbocycles. The standard InChI is InChI=1S/C20H17ClN2O4/c1-13-9-16(21)5-8-18(13)23-19(24)12-27-20(25)15(11-22)10-14-3-6-17(26-2)7-4-14/h3-10H,12H2,1-2H3,(H,23,24)/b15-10+. The highest BCUT2D eigenvalue weighted by atomic mass is 35.5. The molecule has 7 heteroatoms. The average molecular weight is 385 g/mol. The topological polar surface area (TPSA) is 88.4 Å². The van der Waals surface area contributed by atoms with Gasteiger partial charge in [-0.25, -0.2) is 4.79 Å². The van der Waals surface area contributed by atoms with Crippen molar-refractivity contribution < 1.29 is 19.1 Å². The van der Waals surface area contributed by atoms with E-state index < -0.39 is 18.5 Å². The molecule has 2 aromatic rings. The summed E-state index contributed by atoms with van der Waals surface area (Å²) >= 11 is 5.86. The van der Waals surface area contributed by atoms with Gasteiger partial charge in [-0.15, -0.1) is 0 Å². The minimum Gasteiger partial charge on any atom is -0.497 e. The number of carbonyl (C=O) groups excluding carboxylic acids is 2. The maximum atomic E-state index is 12.0. The van der Waals surface area contributed by atoms with Crippen molar-refractivity contribution in [2.75, 3.05) is 19.0 Å². The number of nitriles is 1. The first kappa shape index (κ1) is 20.0. The first-order valence-corrected chi connectivity index (χ1v) is 8.29. The molecule has 0 aliphatic carbocycles. The summed E-state index contributed by atoms with van der Waals surface area (Å²) in [6.07, 6.45) is 1.38. The zero-order chi connectivity index (χ0) is 19.8. The Bertz CT molecular complexity index is 915. The first-order chi connectivity index (χ1) is 12.9. The number of hydrogen-bond donors (Lipinski definition) is 1. The van der Waals surface area contributed by atoms with Crippen LogP contribution in [0.2, 0.25) is 5.02 Å². The molecular formula is C20H17ClN2O4.